The first-order valence-corrected chi connectivity index (χ1v) is 5.93. The van der Waals surface area contributed by atoms with Gasteiger partial charge in [-0.3, -0.25) is 0 Å². The lowest BCUT2D eigenvalue weighted by Crippen LogP contribution is -2.16. The standard InChI is InChI=1S/C9H18BIO2/c1-4-6-9(3)7-8-13-10(11)12-5-2/h4,9H,1,5-8H2,2-3H3. The minimum atomic E-state index is -0.0986. The van der Waals surface area contributed by atoms with Crippen molar-refractivity contribution in [3.8, 4) is 0 Å². The van der Waals surface area contributed by atoms with Gasteiger partial charge in [-0.15, -0.1) is 6.58 Å². The van der Waals surface area contributed by atoms with Crippen LogP contribution in [0.3, 0.4) is 0 Å². The number of halogens is 1. The third kappa shape index (κ3) is 8.78. The summed E-state index contributed by atoms with van der Waals surface area (Å²) < 4.78 is 10.7. The average molecular weight is 296 g/mol. The van der Waals surface area contributed by atoms with Crippen molar-refractivity contribution in [3.05, 3.63) is 12.7 Å². The van der Waals surface area contributed by atoms with Crippen LogP contribution in [0.4, 0.5) is 0 Å². The quantitative estimate of drug-likeness (QED) is 0.389. The van der Waals surface area contributed by atoms with Crippen molar-refractivity contribution in [1.82, 2.24) is 0 Å². The van der Waals surface area contributed by atoms with Gasteiger partial charge < -0.3 is 9.31 Å². The maximum atomic E-state index is 5.43. The van der Waals surface area contributed by atoms with Gasteiger partial charge >= 0.3 is 4.97 Å². The number of rotatable bonds is 8. The van der Waals surface area contributed by atoms with Gasteiger partial charge in [0.1, 0.15) is 0 Å². The molecule has 13 heavy (non-hydrogen) atoms. The molecule has 0 aliphatic heterocycles. The van der Waals surface area contributed by atoms with E-state index in [1.54, 1.807) is 0 Å². The van der Waals surface area contributed by atoms with E-state index in [0.717, 1.165) is 19.4 Å². The Morgan fingerprint density at radius 3 is 2.77 bits per heavy atom. The van der Waals surface area contributed by atoms with Gasteiger partial charge in [0.15, 0.2) is 0 Å². The van der Waals surface area contributed by atoms with Gasteiger partial charge in [0, 0.05) is 13.2 Å². The molecule has 0 radical (unpaired) electrons. The Morgan fingerprint density at radius 2 is 2.23 bits per heavy atom. The molecule has 0 saturated heterocycles. The first-order chi connectivity index (χ1) is 6.20. The normalized spacial score (nSPS) is 12.5. The highest BCUT2D eigenvalue weighted by atomic mass is 127. The molecule has 0 spiro atoms. The number of hydrogen-bond acceptors (Lipinski definition) is 2. The molecule has 4 heteroatoms. The molecule has 0 rings (SSSR count). The van der Waals surface area contributed by atoms with Crippen LogP contribution in [0.15, 0.2) is 12.7 Å². The van der Waals surface area contributed by atoms with Crippen LogP contribution in [0, 0.1) is 5.92 Å². The molecule has 0 bridgehead atoms. The Hall–Kier alpha value is 0.455. The molecule has 76 valence electrons. The van der Waals surface area contributed by atoms with E-state index in [9.17, 15) is 0 Å². The topological polar surface area (TPSA) is 18.5 Å². The summed E-state index contributed by atoms with van der Waals surface area (Å²) in [7, 11) is 0. The van der Waals surface area contributed by atoms with Crippen LogP contribution in [0.2, 0.25) is 0 Å². The van der Waals surface area contributed by atoms with E-state index in [1.807, 2.05) is 13.0 Å². The van der Waals surface area contributed by atoms with Gasteiger partial charge in [-0.25, -0.2) is 0 Å². The second-order valence-corrected chi connectivity index (χ2v) is 4.04. The van der Waals surface area contributed by atoms with Crippen LogP contribution in [-0.4, -0.2) is 18.2 Å². The van der Waals surface area contributed by atoms with Gasteiger partial charge in [-0.2, -0.15) is 0 Å². The Balaban J connectivity index is 3.27. The molecule has 2 nitrogen and oxygen atoms in total. The largest absolute Gasteiger partial charge is 0.532 e. The lowest BCUT2D eigenvalue weighted by atomic mass is 10.1. The van der Waals surface area contributed by atoms with Crippen molar-refractivity contribution in [2.24, 2.45) is 5.92 Å². The van der Waals surface area contributed by atoms with Gasteiger partial charge in [0.05, 0.1) is 0 Å². The first-order valence-electron chi connectivity index (χ1n) is 4.68. The fraction of sp³-hybridized carbons (Fsp3) is 0.778. The van der Waals surface area contributed by atoms with E-state index in [2.05, 4.69) is 35.9 Å². The number of allylic oxidation sites excluding steroid dienone is 1. The molecule has 0 saturated carbocycles. The van der Waals surface area contributed by atoms with E-state index in [4.69, 9.17) is 9.31 Å². The third-order valence-corrected chi connectivity index (χ3v) is 2.45. The summed E-state index contributed by atoms with van der Waals surface area (Å²) in [4.78, 5) is -0.0986. The minimum Gasteiger partial charge on any atom is -0.403 e. The number of hydrogen-bond donors (Lipinski definition) is 0. The van der Waals surface area contributed by atoms with Gasteiger partial charge in [0.25, 0.3) is 0 Å². The van der Waals surface area contributed by atoms with Crippen molar-refractivity contribution < 1.29 is 9.31 Å². The van der Waals surface area contributed by atoms with Crippen molar-refractivity contribution in [2.75, 3.05) is 13.2 Å². The summed E-state index contributed by atoms with van der Waals surface area (Å²) in [6.45, 7) is 9.35. The molecule has 0 aliphatic carbocycles. The maximum absolute atomic E-state index is 5.43. The van der Waals surface area contributed by atoms with Crippen molar-refractivity contribution in [1.29, 1.82) is 0 Å². The smallest absolute Gasteiger partial charge is 0.403 e. The molecule has 0 aromatic heterocycles. The Morgan fingerprint density at radius 1 is 1.54 bits per heavy atom. The van der Waals surface area contributed by atoms with E-state index in [1.165, 1.54) is 0 Å². The molecule has 0 fully saturated rings. The maximum Gasteiger partial charge on any atom is 0.532 e. The van der Waals surface area contributed by atoms with Crippen LogP contribution < -0.4 is 0 Å². The molecule has 1 atom stereocenters. The predicted octanol–water partition coefficient (Wildman–Crippen LogP) is 3.06. The summed E-state index contributed by atoms with van der Waals surface area (Å²) in [5.41, 5.74) is 0. The Labute approximate surface area is 95.1 Å². The molecule has 0 N–H and O–H groups in total. The zero-order valence-corrected chi connectivity index (χ0v) is 10.6. The summed E-state index contributed by atoms with van der Waals surface area (Å²) in [6.07, 6.45) is 4.08. The van der Waals surface area contributed by atoms with Gasteiger partial charge in [-0.05, 0) is 25.7 Å². The second-order valence-electron chi connectivity index (χ2n) is 3.02. The van der Waals surface area contributed by atoms with Crippen LogP contribution in [-0.2, 0) is 9.31 Å². The van der Waals surface area contributed by atoms with E-state index < -0.39 is 0 Å². The molecule has 0 heterocycles. The summed E-state index contributed by atoms with van der Waals surface area (Å²) >= 11 is 2.15. The third-order valence-electron chi connectivity index (χ3n) is 1.73. The molecular formula is C9H18BIO2. The summed E-state index contributed by atoms with van der Waals surface area (Å²) in [5.74, 6) is 0.655. The highest BCUT2D eigenvalue weighted by Gasteiger charge is 2.11. The van der Waals surface area contributed by atoms with E-state index in [0.29, 0.717) is 12.5 Å². The van der Waals surface area contributed by atoms with Crippen LogP contribution in [0.5, 0.6) is 0 Å². The van der Waals surface area contributed by atoms with Gasteiger partial charge in [0.2, 0.25) is 0 Å². The summed E-state index contributed by atoms with van der Waals surface area (Å²) in [6, 6.07) is 0. The molecule has 0 aliphatic rings. The van der Waals surface area contributed by atoms with Crippen molar-refractivity contribution in [2.45, 2.75) is 26.7 Å². The predicted molar refractivity (Wildman–Crippen MR) is 65.9 cm³/mol. The van der Waals surface area contributed by atoms with Crippen molar-refractivity contribution in [3.63, 3.8) is 0 Å². The average Bonchev–Trinajstić information content (AvgIpc) is 2.05. The van der Waals surface area contributed by atoms with Crippen LogP contribution >= 0.6 is 22.4 Å². The summed E-state index contributed by atoms with van der Waals surface area (Å²) in [5, 5.41) is 0. The Kier molecular flexibility index (Phi) is 9.34. The lowest BCUT2D eigenvalue weighted by Gasteiger charge is -2.10. The minimum absolute atomic E-state index is 0.0986. The molecular weight excluding hydrogens is 278 g/mol. The van der Waals surface area contributed by atoms with Crippen molar-refractivity contribution >= 4 is 27.3 Å². The van der Waals surface area contributed by atoms with Gasteiger partial charge in [-0.1, -0.05) is 35.4 Å². The highest BCUT2D eigenvalue weighted by Crippen LogP contribution is 2.09. The van der Waals surface area contributed by atoms with Crippen LogP contribution in [0.25, 0.3) is 0 Å². The van der Waals surface area contributed by atoms with Crippen LogP contribution in [0.1, 0.15) is 26.7 Å². The SMILES string of the molecule is C=CCC(C)CCOB(I)OCC. The molecule has 0 aromatic carbocycles. The second kappa shape index (κ2) is 9.03. The Bertz CT molecular complexity index is 133. The molecule has 1 unspecified atom stereocenters. The zero-order valence-electron chi connectivity index (χ0n) is 8.46. The van der Waals surface area contributed by atoms with E-state index >= 15 is 0 Å². The first kappa shape index (κ1) is 13.5. The lowest BCUT2D eigenvalue weighted by molar-refractivity contribution is 0.214. The fourth-order valence-corrected chi connectivity index (χ4v) is 1.56. The van der Waals surface area contributed by atoms with E-state index in [-0.39, 0.29) is 4.97 Å². The monoisotopic (exact) mass is 296 g/mol. The molecule has 0 amide bonds. The fourth-order valence-electron chi connectivity index (χ4n) is 0.943. The highest BCUT2D eigenvalue weighted by molar-refractivity contribution is 14.1. The zero-order chi connectivity index (χ0) is 10.1. The molecule has 0 aromatic rings.